The van der Waals surface area contributed by atoms with Crippen LogP contribution in [-0.4, -0.2) is 49.1 Å². The summed E-state index contributed by atoms with van der Waals surface area (Å²) in [7, 11) is 0. The molecule has 0 aromatic rings. The number of carbonyl (C=O) groups excluding carboxylic acids is 2. The number of esters is 2. The minimum atomic E-state index is -3.55. The van der Waals surface area contributed by atoms with Crippen LogP contribution in [0.1, 0.15) is 72.1 Å². The Kier molecular flexibility index (Phi) is 6.09. The van der Waals surface area contributed by atoms with Crippen molar-refractivity contribution in [2.75, 3.05) is 13.2 Å². The van der Waals surface area contributed by atoms with Gasteiger partial charge in [-0.2, -0.15) is 8.78 Å². The number of ether oxygens (including phenoxy) is 4. The Morgan fingerprint density at radius 1 is 0.935 bits per heavy atom. The summed E-state index contributed by atoms with van der Waals surface area (Å²) in [6, 6.07) is 0. The van der Waals surface area contributed by atoms with Gasteiger partial charge in [0.15, 0.2) is 5.79 Å². The van der Waals surface area contributed by atoms with Crippen LogP contribution < -0.4 is 0 Å². The largest absolute Gasteiger partial charge is 0.465 e. The summed E-state index contributed by atoms with van der Waals surface area (Å²) in [5, 5.41) is 0. The molecular weight excluding hydrogens is 410 g/mol. The van der Waals surface area contributed by atoms with Gasteiger partial charge in [0.25, 0.3) is 0 Å². The predicted octanol–water partition coefficient (Wildman–Crippen LogP) is 4.24. The Labute approximate surface area is 182 Å². The highest BCUT2D eigenvalue weighted by molar-refractivity contribution is 5.76. The highest BCUT2D eigenvalue weighted by Gasteiger charge is 2.51. The van der Waals surface area contributed by atoms with Gasteiger partial charge in [-0.3, -0.25) is 4.79 Å². The van der Waals surface area contributed by atoms with Gasteiger partial charge >= 0.3 is 17.9 Å². The van der Waals surface area contributed by atoms with E-state index >= 15 is 0 Å². The number of rotatable bonds is 7. The molecule has 5 aliphatic rings. The molecule has 31 heavy (non-hydrogen) atoms. The van der Waals surface area contributed by atoms with E-state index in [0.29, 0.717) is 13.5 Å². The highest BCUT2D eigenvalue weighted by atomic mass is 19.3. The van der Waals surface area contributed by atoms with Crippen LogP contribution >= 0.6 is 0 Å². The fourth-order valence-electron chi connectivity index (χ4n) is 6.69. The average molecular weight is 445 g/mol. The van der Waals surface area contributed by atoms with Crippen molar-refractivity contribution in [2.24, 2.45) is 23.2 Å². The lowest BCUT2D eigenvalue weighted by molar-refractivity contribution is -0.305. The highest BCUT2D eigenvalue weighted by Crippen LogP contribution is 2.60. The second kappa shape index (κ2) is 8.25. The molecule has 5 rings (SSSR count). The third-order valence-electron chi connectivity index (χ3n) is 7.28. The number of halogens is 2. The van der Waals surface area contributed by atoms with Crippen molar-refractivity contribution in [3.8, 4) is 0 Å². The van der Waals surface area contributed by atoms with Crippen LogP contribution in [0.5, 0.6) is 0 Å². The number of hydrogen-bond donors (Lipinski definition) is 0. The van der Waals surface area contributed by atoms with Crippen molar-refractivity contribution in [3.05, 3.63) is 0 Å². The van der Waals surface area contributed by atoms with E-state index in [0.717, 1.165) is 17.8 Å². The van der Waals surface area contributed by atoms with Crippen molar-refractivity contribution in [2.45, 2.75) is 96.1 Å². The molecule has 8 heteroatoms. The van der Waals surface area contributed by atoms with Gasteiger partial charge in [0.2, 0.25) is 0 Å². The molecular formula is C23H34F2O6. The first-order valence-corrected chi connectivity index (χ1v) is 11.5. The Morgan fingerprint density at radius 3 is 2.03 bits per heavy atom. The Bertz CT molecular complexity index is 665. The second-order valence-corrected chi connectivity index (χ2v) is 10.9. The monoisotopic (exact) mass is 444 g/mol. The van der Waals surface area contributed by atoms with Gasteiger partial charge in [-0.1, -0.05) is 0 Å². The number of alkyl halides is 2. The molecule has 6 nitrogen and oxygen atoms in total. The molecule has 4 bridgehead atoms. The topological polar surface area (TPSA) is 71.1 Å². The fraction of sp³-hybridized carbons (Fsp3) is 0.913. The molecule has 1 heterocycles. The Hall–Kier alpha value is -1.28. The smallest absolute Gasteiger partial charge is 0.376 e. The van der Waals surface area contributed by atoms with E-state index in [-0.39, 0.29) is 30.8 Å². The van der Waals surface area contributed by atoms with Crippen LogP contribution in [-0.2, 0) is 28.5 Å². The maximum atomic E-state index is 13.0. The second-order valence-electron chi connectivity index (χ2n) is 10.9. The van der Waals surface area contributed by atoms with Crippen molar-refractivity contribution < 1.29 is 37.3 Å². The van der Waals surface area contributed by atoms with Gasteiger partial charge in [-0.05, 0) is 70.1 Å². The fourth-order valence-corrected chi connectivity index (χ4v) is 6.69. The lowest BCUT2D eigenvalue weighted by Crippen LogP contribution is -2.49. The molecule has 1 aliphatic heterocycles. The van der Waals surface area contributed by atoms with Crippen molar-refractivity contribution in [1.82, 2.24) is 0 Å². The zero-order valence-electron chi connectivity index (χ0n) is 18.7. The molecule has 5 fully saturated rings. The number of carbonyl (C=O) groups is 2. The maximum Gasteiger partial charge on any atom is 0.376 e. The van der Waals surface area contributed by atoms with E-state index in [4.69, 9.17) is 18.9 Å². The summed E-state index contributed by atoms with van der Waals surface area (Å²) in [4.78, 5) is 23.9. The lowest BCUT2D eigenvalue weighted by Gasteiger charge is -2.56. The van der Waals surface area contributed by atoms with Gasteiger partial charge in [-0.15, -0.1) is 0 Å². The minimum Gasteiger partial charge on any atom is -0.465 e. The van der Waals surface area contributed by atoms with E-state index < -0.39 is 29.9 Å². The summed E-state index contributed by atoms with van der Waals surface area (Å²) < 4.78 is 48.0. The molecule has 2 unspecified atom stereocenters. The van der Waals surface area contributed by atoms with Crippen molar-refractivity contribution in [1.29, 1.82) is 0 Å². The molecule has 0 amide bonds. The first kappa shape index (κ1) is 22.9. The van der Waals surface area contributed by atoms with Crippen LogP contribution in [0, 0.1) is 23.2 Å². The lowest BCUT2D eigenvalue weighted by atomic mass is 9.50. The van der Waals surface area contributed by atoms with E-state index in [2.05, 4.69) is 0 Å². The maximum absolute atomic E-state index is 13.0. The molecule has 1 saturated heterocycles. The van der Waals surface area contributed by atoms with Gasteiger partial charge in [0.05, 0.1) is 25.2 Å². The molecule has 0 aromatic heterocycles. The minimum absolute atomic E-state index is 0.0630. The van der Waals surface area contributed by atoms with Crippen LogP contribution in [0.25, 0.3) is 0 Å². The summed E-state index contributed by atoms with van der Waals surface area (Å²) in [5.41, 5.74) is 0.155. The van der Waals surface area contributed by atoms with E-state index in [1.807, 2.05) is 0 Å². The van der Waals surface area contributed by atoms with Crippen molar-refractivity contribution >= 4 is 11.9 Å². The van der Waals surface area contributed by atoms with Crippen LogP contribution in [0.2, 0.25) is 0 Å². The molecule has 0 aromatic carbocycles. The summed E-state index contributed by atoms with van der Waals surface area (Å²) in [6.07, 6.45) is 6.74. The van der Waals surface area contributed by atoms with Crippen molar-refractivity contribution in [3.63, 3.8) is 0 Å². The molecule has 176 valence electrons. The third kappa shape index (κ3) is 5.56. The van der Waals surface area contributed by atoms with Gasteiger partial charge < -0.3 is 18.9 Å². The van der Waals surface area contributed by atoms with Crippen LogP contribution in [0.3, 0.4) is 0 Å². The zero-order valence-corrected chi connectivity index (χ0v) is 18.7. The molecule has 4 saturated carbocycles. The van der Waals surface area contributed by atoms with E-state index in [1.54, 1.807) is 13.8 Å². The van der Waals surface area contributed by atoms with Gasteiger partial charge in [0.1, 0.15) is 6.61 Å². The molecule has 0 spiro atoms. The Balaban J connectivity index is 1.27. The van der Waals surface area contributed by atoms with Crippen LogP contribution in [0.4, 0.5) is 8.78 Å². The van der Waals surface area contributed by atoms with Gasteiger partial charge in [0, 0.05) is 18.8 Å². The first-order valence-electron chi connectivity index (χ1n) is 11.5. The molecule has 4 aliphatic carbocycles. The average Bonchev–Trinajstić information content (AvgIpc) is 2.61. The summed E-state index contributed by atoms with van der Waals surface area (Å²) in [6.45, 7) is 4.03. The van der Waals surface area contributed by atoms with E-state index in [1.165, 1.54) is 38.5 Å². The normalized spacial score (nSPS) is 38.7. The summed E-state index contributed by atoms with van der Waals surface area (Å²) in [5.74, 6) is -4.09. The molecule has 0 N–H and O–H groups in total. The van der Waals surface area contributed by atoms with Gasteiger partial charge in [-0.25, -0.2) is 4.79 Å². The predicted molar refractivity (Wildman–Crippen MR) is 106 cm³/mol. The summed E-state index contributed by atoms with van der Waals surface area (Å²) >= 11 is 0. The third-order valence-corrected chi connectivity index (χ3v) is 7.28. The van der Waals surface area contributed by atoms with Crippen LogP contribution in [0.15, 0.2) is 0 Å². The SMILES string of the molecule is CC1(C)OC(COC(=O)C(C)(F)F)CC(CC(=O)OCC23CC4CC(CC(C4)C2)C3)O1. The quantitative estimate of drug-likeness (QED) is 0.547. The number of hydrogen-bond acceptors (Lipinski definition) is 6. The standard InChI is InChI=1S/C23H34F2O6/c1-21(2)30-17(7-18(31-21)12-28-20(27)22(3,24)25)8-19(26)29-13-23-9-14-4-15(10-23)6-16(5-14)11-23/h14-18H,4-13H2,1-3H3. The van der Waals surface area contributed by atoms with E-state index in [9.17, 15) is 18.4 Å². The molecule has 0 radical (unpaired) electrons. The first-order chi connectivity index (χ1) is 14.4. The Morgan fingerprint density at radius 2 is 1.48 bits per heavy atom. The zero-order chi connectivity index (χ0) is 22.4. The molecule has 2 atom stereocenters.